The highest BCUT2D eigenvalue weighted by Gasteiger charge is 2.06. The second-order valence-corrected chi connectivity index (χ2v) is 5.64. The zero-order valence-corrected chi connectivity index (χ0v) is 15.6. The smallest absolute Gasteiger partial charge is 0.276 e. The molecule has 2 amide bonds. The summed E-state index contributed by atoms with van der Waals surface area (Å²) >= 11 is 5.92. The summed E-state index contributed by atoms with van der Waals surface area (Å²) in [6.07, 6.45) is 2.83. The van der Waals surface area contributed by atoms with Crippen molar-refractivity contribution in [2.75, 3.05) is 20.8 Å². The highest BCUT2D eigenvalue weighted by atomic mass is 35.5. The molecular weight excluding hydrogens is 372 g/mol. The summed E-state index contributed by atoms with van der Waals surface area (Å²) in [6, 6.07) is 12.0. The molecule has 0 unspecified atom stereocenters. The molecule has 0 aliphatic carbocycles. The number of methoxy groups -OCH3 is 2. The Morgan fingerprint density at radius 3 is 2.33 bits per heavy atom. The first-order valence-corrected chi connectivity index (χ1v) is 8.27. The van der Waals surface area contributed by atoms with Crippen LogP contribution in [0.1, 0.15) is 5.56 Å². The molecule has 2 rings (SSSR count). The van der Waals surface area contributed by atoms with E-state index in [-0.39, 0.29) is 6.61 Å². The van der Waals surface area contributed by atoms with E-state index in [0.717, 1.165) is 0 Å². The number of benzene rings is 2. The van der Waals surface area contributed by atoms with E-state index < -0.39 is 11.8 Å². The van der Waals surface area contributed by atoms with Crippen molar-refractivity contribution in [1.29, 1.82) is 0 Å². The maximum Gasteiger partial charge on any atom is 0.276 e. The van der Waals surface area contributed by atoms with Crippen LogP contribution in [0.5, 0.6) is 17.2 Å². The zero-order chi connectivity index (χ0) is 19.6. The first kappa shape index (κ1) is 20.1. The molecule has 8 heteroatoms. The van der Waals surface area contributed by atoms with Gasteiger partial charge < -0.3 is 14.2 Å². The largest absolute Gasteiger partial charge is 0.497 e. The number of nitrogens with one attached hydrogen (secondary N) is 2. The van der Waals surface area contributed by atoms with Crippen LogP contribution in [0.25, 0.3) is 6.08 Å². The van der Waals surface area contributed by atoms with Gasteiger partial charge in [0.25, 0.3) is 11.8 Å². The Kier molecular flexibility index (Phi) is 7.51. The fourth-order valence-electron chi connectivity index (χ4n) is 2.01. The van der Waals surface area contributed by atoms with Crippen molar-refractivity contribution in [3.63, 3.8) is 0 Å². The highest BCUT2D eigenvalue weighted by molar-refractivity contribution is 6.32. The van der Waals surface area contributed by atoms with Crippen LogP contribution in [0, 0.1) is 0 Å². The van der Waals surface area contributed by atoms with Crippen LogP contribution < -0.4 is 25.1 Å². The Labute approximate surface area is 161 Å². The molecule has 0 aromatic heterocycles. The number of halogens is 1. The van der Waals surface area contributed by atoms with Gasteiger partial charge in [-0.3, -0.25) is 20.4 Å². The molecule has 0 fully saturated rings. The summed E-state index contributed by atoms with van der Waals surface area (Å²) in [6.45, 7) is -0.291. The topological polar surface area (TPSA) is 85.9 Å². The van der Waals surface area contributed by atoms with Gasteiger partial charge in [0.1, 0.15) is 17.2 Å². The van der Waals surface area contributed by atoms with Crippen molar-refractivity contribution in [1.82, 2.24) is 10.9 Å². The monoisotopic (exact) mass is 390 g/mol. The average molecular weight is 391 g/mol. The summed E-state index contributed by atoms with van der Waals surface area (Å²) in [7, 11) is 3.07. The van der Waals surface area contributed by atoms with Crippen molar-refractivity contribution in [3.05, 3.63) is 59.1 Å². The Morgan fingerprint density at radius 1 is 1.04 bits per heavy atom. The predicted molar refractivity (Wildman–Crippen MR) is 102 cm³/mol. The quantitative estimate of drug-likeness (QED) is 0.560. The minimum atomic E-state index is -0.528. The SMILES string of the molecule is COc1cc(/C=C/C(=O)NNC(=O)COc2ccccc2Cl)cc(OC)c1. The predicted octanol–water partition coefficient (Wildman–Crippen LogP) is 2.60. The van der Waals surface area contributed by atoms with E-state index in [9.17, 15) is 9.59 Å². The first-order valence-electron chi connectivity index (χ1n) is 7.89. The molecule has 0 spiro atoms. The molecule has 142 valence electrons. The van der Waals surface area contributed by atoms with Crippen molar-refractivity contribution < 1.29 is 23.8 Å². The van der Waals surface area contributed by atoms with Gasteiger partial charge in [-0.05, 0) is 35.9 Å². The van der Waals surface area contributed by atoms with Crippen LogP contribution in [-0.2, 0) is 9.59 Å². The molecule has 0 aliphatic rings. The van der Waals surface area contributed by atoms with Crippen LogP contribution in [0.3, 0.4) is 0 Å². The maximum absolute atomic E-state index is 11.8. The first-order chi connectivity index (χ1) is 13.0. The lowest BCUT2D eigenvalue weighted by molar-refractivity contribution is -0.128. The van der Waals surface area contributed by atoms with Crippen molar-refractivity contribution in [3.8, 4) is 17.2 Å². The number of amides is 2. The molecule has 0 saturated heterocycles. The second-order valence-electron chi connectivity index (χ2n) is 5.24. The van der Waals surface area contributed by atoms with Gasteiger partial charge >= 0.3 is 0 Å². The van der Waals surface area contributed by atoms with Crippen LogP contribution in [-0.4, -0.2) is 32.6 Å². The molecule has 0 bridgehead atoms. The summed E-state index contributed by atoms with van der Waals surface area (Å²) in [5, 5.41) is 0.394. The summed E-state index contributed by atoms with van der Waals surface area (Å²) in [4.78, 5) is 23.5. The van der Waals surface area contributed by atoms with Crippen molar-refractivity contribution in [2.45, 2.75) is 0 Å². The Balaban J connectivity index is 1.82. The summed E-state index contributed by atoms with van der Waals surface area (Å²) in [5.41, 5.74) is 5.21. The molecule has 0 aliphatic heterocycles. The fraction of sp³-hybridized carbons (Fsp3) is 0.158. The van der Waals surface area contributed by atoms with E-state index in [1.54, 1.807) is 48.5 Å². The van der Waals surface area contributed by atoms with E-state index in [1.165, 1.54) is 20.3 Å². The number of ether oxygens (including phenoxy) is 3. The Bertz CT molecular complexity index is 816. The third kappa shape index (κ3) is 6.56. The number of para-hydroxylation sites is 1. The number of rotatable bonds is 7. The maximum atomic E-state index is 11.8. The van der Waals surface area contributed by atoms with Gasteiger partial charge in [0.15, 0.2) is 6.61 Å². The normalized spacial score (nSPS) is 10.3. The summed E-state index contributed by atoms with van der Waals surface area (Å²) in [5.74, 6) is 0.536. The van der Waals surface area contributed by atoms with Gasteiger partial charge in [-0.25, -0.2) is 0 Å². The lowest BCUT2D eigenvalue weighted by Gasteiger charge is -2.08. The third-order valence-electron chi connectivity index (χ3n) is 3.32. The fourth-order valence-corrected chi connectivity index (χ4v) is 2.20. The average Bonchev–Trinajstić information content (AvgIpc) is 2.69. The lowest BCUT2D eigenvalue weighted by atomic mass is 10.2. The van der Waals surface area contributed by atoms with Crippen molar-refractivity contribution >= 4 is 29.5 Å². The van der Waals surface area contributed by atoms with Crippen molar-refractivity contribution in [2.24, 2.45) is 0 Å². The molecular formula is C19H19ClN2O5. The lowest BCUT2D eigenvalue weighted by Crippen LogP contribution is -2.43. The molecule has 27 heavy (non-hydrogen) atoms. The van der Waals surface area contributed by atoms with Crippen LogP contribution in [0.15, 0.2) is 48.5 Å². The minimum Gasteiger partial charge on any atom is -0.497 e. The van der Waals surface area contributed by atoms with Gasteiger partial charge in [-0.2, -0.15) is 0 Å². The minimum absolute atomic E-state index is 0.291. The van der Waals surface area contributed by atoms with Crippen LogP contribution >= 0.6 is 11.6 Å². The van der Waals surface area contributed by atoms with Crippen LogP contribution in [0.2, 0.25) is 5.02 Å². The number of hydrogen-bond acceptors (Lipinski definition) is 5. The number of carbonyl (C=O) groups is 2. The van der Waals surface area contributed by atoms with Gasteiger partial charge in [-0.1, -0.05) is 23.7 Å². The second kappa shape index (κ2) is 10.1. The molecule has 7 nitrogen and oxygen atoms in total. The molecule has 0 atom stereocenters. The van der Waals surface area contributed by atoms with Gasteiger partial charge in [0.05, 0.1) is 19.2 Å². The van der Waals surface area contributed by atoms with E-state index in [0.29, 0.717) is 27.8 Å². The van der Waals surface area contributed by atoms with Crippen LogP contribution in [0.4, 0.5) is 0 Å². The van der Waals surface area contributed by atoms with Gasteiger partial charge in [-0.15, -0.1) is 0 Å². The molecule has 0 heterocycles. The molecule has 2 aromatic carbocycles. The van der Waals surface area contributed by atoms with Gasteiger partial charge in [0, 0.05) is 12.1 Å². The summed E-state index contributed by atoms with van der Waals surface area (Å²) < 4.78 is 15.6. The Hall–Kier alpha value is -3.19. The molecule has 0 radical (unpaired) electrons. The third-order valence-corrected chi connectivity index (χ3v) is 3.63. The van der Waals surface area contributed by atoms with E-state index >= 15 is 0 Å². The highest BCUT2D eigenvalue weighted by Crippen LogP contribution is 2.23. The standard InChI is InChI=1S/C19H19ClN2O5/c1-25-14-9-13(10-15(11-14)26-2)7-8-18(23)21-22-19(24)12-27-17-6-4-3-5-16(17)20/h3-11H,12H2,1-2H3,(H,21,23)(H,22,24)/b8-7+. The molecule has 2 N–H and O–H groups in total. The Morgan fingerprint density at radius 2 is 1.70 bits per heavy atom. The molecule has 0 saturated carbocycles. The van der Waals surface area contributed by atoms with Gasteiger partial charge in [0.2, 0.25) is 0 Å². The number of hydrazine groups is 1. The molecule has 2 aromatic rings. The van der Waals surface area contributed by atoms with E-state index in [1.807, 2.05) is 0 Å². The number of hydrogen-bond donors (Lipinski definition) is 2. The number of carbonyl (C=O) groups excluding carboxylic acids is 2. The van der Waals surface area contributed by atoms with E-state index in [4.69, 9.17) is 25.8 Å². The van der Waals surface area contributed by atoms with E-state index in [2.05, 4.69) is 10.9 Å². The zero-order valence-electron chi connectivity index (χ0n) is 14.8.